The fourth-order valence-corrected chi connectivity index (χ4v) is 3.02. The van der Waals surface area contributed by atoms with Crippen molar-refractivity contribution in [3.05, 3.63) is 78.5 Å². The number of nitrogens with zero attached hydrogens (tertiary/aromatic N) is 2. The molecular weight excluding hydrogens is 368 g/mol. The first-order valence-electron chi connectivity index (χ1n) is 9.26. The molecule has 29 heavy (non-hydrogen) atoms. The van der Waals surface area contributed by atoms with Crippen LogP contribution in [0.2, 0.25) is 0 Å². The molecule has 0 spiro atoms. The third-order valence-corrected chi connectivity index (χ3v) is 4.52. The molecule has 3 heterocycles. The van der Waals surface area contributed by atoms with Gasteiger partial charge in [0.1, 0.15) is 5.65 Å². The van der Waals surface area contributed by atoms with Crippen LogP contribution in [0.15, 0.2) is 71.6 Å². The van der Waals surface area contributed by atoms with E-state index in [0.717, 1.165) is 22.5 Å². The van der Waals surface area contributed by atoms with Crippen LogP contribution in [0.5, 0.6) is 0 Å². The summed E-state index contributed by atoms with van der Waals surface area (Å²) in [5.74, 6) is -0.293. The summed E-state index contributed by atoms with van der Waals surface area (Å²) >= 11 is 0. The molecule has 7 heteroatoms. The normalized spacial score (nSPS) is 10.8. The maximum absolute atomic E-state index is 12.1. The lowest BCUT2D eigenvalue weighted by molar-refractivity contribution is -0.116. The molecule has 0 saturated heterocycles. The molecule has 0 fully saturated rings. The standard InChI is InChI=1S/C22H20N4O3/c1-15-4-2-12-26-14-18(25-21(15)26)16-6-8-17(9-7-16)24-20(27)10-11-23-22(28)19-5-3-13-29-19/h2-9,12-14H,10-11H2,1H3,(H,23,28)(H,24,27). The van der Waals surface area contributed by atoms with Gasteiger partial charge in [-0.25, -0.2) is 4.98 Å². The van der Waals surface area contributed by atoms with E-state index in [1.54, 1.807) is 12.1 Å². The van der Waals surface area contributed by atoms with E-state index < -0.39 is 0 Å². The van der Waals surface area contributed by atoms with Gasteiger partial charge >= 0.3 is 0 Å². The van der Waals surface area contributed by atoms with Gasteiger partial charge in [0.15, 0.2) is 5.76 Å². The van der Waals surface area contributed by atoms with Gasteiger partial charge < -0.3 is 19.5 Å². The number of fused-ring (bicyclic) bond motifs is 1. The maximum atomic E-state index is 12.1. The highest BCUT2D eigenvalue weighted by Gasteiger charge is 2.10. The van der Waals surface area contributed by atoms with Crippen LogP contribution in [-0.4, -0.2) is 27.7 Å². The number of benzene rings is 1. The van der Waals surface area contributed by atoms with Gasteiger partial charge in [0.05, 0.1) is 12.0 Å². The molecule has 0 unspecified atom stereocenters. The minimum absolute atomic E-state index is 0.167. The molecular formula is C22H20N4O3. The van der Waals surface area contributed by atoms with Crippen LogP contribution in [0.1, 0.15) is 22.5 Å². The Morgan fingerprint density at radius 2 is 1.93 bits per heavy atom. The summed E-state index contributed by atoms with van der Waals surface area (Å²) in [4.78, 5) is 28.5. The Morgan fingerprint density at radius 1 is 1.10 bits per heavy atom. The van der Waals surface area contributed by atoms with Gasteiger partial charge in [-0.2, -0.15) is 0 Å². The van der Waals surface area contributed by atoms with E-state index in [2.05, 4.69) is 15.6 Å². The highest BCUT2D eigenvalue weighted by atomic mass is 16.3. The molecule has 4 rings (SSSR count). The monoisotopic (exact) mass is 388 g/mol. The number of amides is 2. The second-order valence-corrected chi connectivity index (χ2v) is 6.66. The van der Waals surface area contributed by atoms with E-state index in [0.29, 0.717) is 5.69 Å². The Bertz CT molecular complexity index is 1140. The van der Waals surface area contributed by atoms with Crippen molar-refractivity contribution in [1.29, 1.82) is 0 Å². The zero-order chi connectivity index (χ0) is 20.2. The highest BCUT2D eigenvalue weighted by Crippen LogP contribution is 2.22. The molecule has 0 aliphatic rings. The first-order valence-corrected chi connectivity index (χ1v) is 9.26. The molecule has 3 aromatic heterocycles. The lowest BCUT2D eigenvalue weighted by Gasteiger charge is -2.06. The number of furan rings is 1. The number of hydrogen-bond acceptors (Lipinski definition) is 4. The number of rotatable bonds is 6. The molecule has 0 aliphatic heterocycles. The Kier molecular flexibility index (Phi) is 5.11. The minimum Gasteiger partial charge on any atom is -0.459 e. The number of nitrogens with one attached hydrogen (secondary N) is 2. The van der Waals surface area contributed by atoms with Gasteiger partial charge in [-0.3, -0.25) is 9.59 Å². The van der Waals surface area contributed by atoms with Gasteiger partial charge in [0.2, 0.25) is 5.91 Å². The van der Waals surface area contributed by atoms with E-state index in [4.69, 9.17) is 4.42 Å². The second-order valence-electron chi connectivity index (χ2n) is 6.66. The summed E-state index contributed by atoms with van der Waals surface area (Å²) in [7, 11) is 0. The van der Waals surface area contributed by atoms with Gasteiger partial charge in [0.25, 0.3) is 5.91 Å². The Hall–Kier alpha value is -3.87. The first kappa shape index (κ1) is 18.5. The quantitative estimate of drug-likeness (QED) is 0.528. The average Bonchev–Trinajstić information content (AvgIpc) is 3.39. The van der Waals surface area contributed by atoms with Crippen molar-refractivity contribution in [3.8, 4) is 11.3 Å². The minimum atomic E-state index is -0.338. The molecule has 2 amide bonds. The number of aryl methyl sites for hydroxylation is 1. The fourth-order valence-electron chi connectivity index (χ4n) is 3.02. The topological polar surface area (TPSA) is 88.6 Å². The summed E-state index contributed by atoms with van der Waals surface area (Å²) < 4.78 is 7.00. The predicted molar refractivity (Wildman–Crippen MR) is 110 cm³/mol. The molecule has 2 N–H and O–H groups in total. The van der Waals surface area contributed by atoms with Crippen LogP contribution < -0.4 is 10.6 Å². The van der Waals surface area contributed by atoms with Crippen molar-refractivity contribution in [2.24, 2.45) is 0 Å². The Balaban J connectivity index is 1.33. The van der Waals surface area contributed by atoms with Crippen LogP contribution in [0, 0.1) is 6.92 Å². The van der Waals surface area contributed by atoms with Crippen molar-refractivity contribution in [3.63, 3.8) is 0 Å². The molecule has 0 radical (unpaired) electrons. The van der Waals surface area contributed by atoms with Crippen molar-refractivity contribution in [2.75, 3.05) is 11.9 Å². The lowest BCUT2D eigenvalue weighted by atomic mass is 10.1. The van der Waals surface area contributed by atoms with E-state index in [9.17, 15) is 9.59 Å². The number of aromatic nitrogens is 2. The maximum Gasteiger partial charge on any atom is 0.286 e. The molecule has 1 aromatic carbocycles. The summed E-state index contributed by atoms with van der Waals surface area (Å²) in [5, 5.41) is 5.47. The molecule has 4 aromatic rings. The van der Waals surface area contributed by atoms with Crippen LogP contribution >= 0.6 is 0 Å². The largest absolute Gasteiger partial charge is 0.459 e. The van der Waals surface area contributed by atoms with E-state index in [-0.39, 0.29) is 30.5 Å². The van der Waals surface area contributed by atoms with Crippen LogP contribution in [-0.2, 0) is 4.79 Å². The summed E-state index contributed by atoms with van der Waals surface area (Å²) in [6.45, 7) is 2.26. The Morgan fingerprint density at radius 3 is 2.66 bits per heavy atom. The summed E-state index contributed by atoms with van der Waals surface area (Å²) in [5.41, 5.74) is 4.57. The molecule has 146 valence electrons. The second kappa shape index (κ2) is 8.02. The fraction of sp³-hybridized carbons (Fsp3) is 0.136. The van der Waals surface area contributed by atoms with Crippen LogP contribution in [0.25, 0.3) is 16.9 Å². The van der Waals surface area contributed by atoms with E-state index >= 15 is 0 Å². The molecule has 0 bridgehead atoms. The molecule has 0 saturated carbocycles. The van der Waals surface area contributed by atoms with Crippen molar-refractivity contribution in [1.82, 2.24) is 14.7 Å². The smallest absolute Gasteiger partial charge is 0.286 e. The lowest BCUT2D eigenvalue weighted by Crippen LogP contribution is -2.27. The average molecular weight is 388 g/mol. The van der Waals surface area contributed by atoms with Crippen molar-refractivity contribution < 1.29 is 14.0 Å². The number of imidazole rings is 1. The number of hydrogen-bond donors (Lipinski definition) is 2. The van der Waals surface area contributed by atoms with E-state index in [1.165, 1.54) is 6.26 Å². The van der Waals surface area contributed by atoms with Crippen molar-refractivity contribution >= 4 is 23.1 Å². The highest BCUT2D eigenvalue weighted by molar-refractivity contribution is 5.93. The summed E-state index contributed by atoms with van der Waals surface area (Å²) in [6.07, 6.45) is 5.55. The van der Waals surface area contributed by atoms with Gasteiger partial charge in [0, 0.05) is 36.6 Å². The number of pyridine rings is 1. The molecule has 7 nitrogen and oxygen atoms in total. The summed E-state index contributed by atoms with van der Waals surface area (Å²) in [6, 6.07) is 14.7. The number of carbonyl (C=O) groups is 2. The van der Waals surface area contributed by atoms with Crippen LogP contribution in [0.3, 0.4) is 0 Å². The molecule has 0 aliphatic carbocycles. The zero-order valence-corrected chi connectivity index (χ0v) is 15.9. The predicted octanol–water partition coefficient (Wildman–Crippen LogP) is 3.66. The van der Waals surface area contributed by atoms with Gasteiger partial charge in [-0.05, 0) is 42.8 Å². The SMILES string of the molecule is Cc1cccn2cc(-c3ccc(NC(=O)CCNC(=O)c4ccco4)cc3)nc12. The van der Waals surface area contributed by atoms with Gasteiger partial charge in [-0.15, -0.1) is 0 Å². The Labute approximate surface area is 167 Å². The van der Waals surface area contributed by atoms with E-state index in [1.807, 2.05) is 60.1 Å². The molecule has 0 atom stereocenters. The number of anilines is 1. The first-order chi connectivity index (χ1) is 14.1. The number of carbonyl (C=O) groups excluding carboxylic acids is 2. The van der Waals surface area contributed by atoms with Crippen LogP contribution in [0.4, 0.5) is 5.69 Å². The third-order valence-electron chi connectivity index (χ3n) is 4.52. The van der Waals surface area contributed by atoms with Gasteiger partial charge in [-0.1, -0.05) is 18.2 Å². The third kappa shape index (κ3) is 4.19. The zero-order valence-electron chi connectivity index (χ0n) is 15.9. The van der Waals surface area contributed by atoms with Crippen molar-refractivity contribution in [2.45, 2.75) is 13.3 Å².